The molecule has 3 aromatic rings. The zero-order valence-electron chi connectivity index (χ0n) is 15.8. The number of hydrogen-bond acceptors (Lipinski definition) is 5. The van der Waals surface area contributed by atoms with Gasteiger partial charge in [-0.25, -0.2) is 12.8 Å². The summed E-state index contributed by atoms with van der Waals surface area (Å²) in [5, 5.41) is 12.7. The summed E-state index contributed by atoms with van der Waals surface area (Å²) in [5.74, 6) is -1.04. The second kappa shape index (κ2) is 8.17. The third-order valence-corrected chi connectivity index (χ3v) is 7.91. The predicted molar refractivity (Wildman–Crippen MR) is 114 cm³/mol. The SMILES string of the molecule is O=C(Nc1cc(S(=O)(=O)N2CCCC2)ccc1O)c1ccc(-c2ccc(F)cc2)s1. The van der Waals surface area contributed by atoms with Gasteiger partial charge < -0.3 is 10.4 Å². The van der Waals surface area contributed by atoms with E-state index >= 15 is 0 Å². The lowest BCUT2D eigenvalue weighted by Gasteiger charge is -2.16. The van der Waals surface area contributed by atoms with E-state index in [0.29, 0.717) is 18.0 Å². The highest BCUT2D eigenvalue weighted by Crippen LogP contribution is 2.32. The molecule has 0 saturated carbocycles. The highest BCUT2D eigenvalue weighted by molar-refractivity contribution is 7.89. The van der Waals surface area contributed by atoms with Crippen molar-refractivity contribution < 1.29 is 22.7 Å². The zero-order chi connectivity index (χ0) is 21.3. The van der Waals surface area contributed by atoms with Crippen molar-refractivity contribution in [1.82, 2.24) is 4.31 Å². The van der Waals surface area contributed by atoms with Crippen molar-refractivity contribution in [2.75, 3.05) is 18.4 Å². The number of nitrogens with zero attached hydrogens (tertiary/aromatic N) is 1. The predicted octanol–water partition coefficient (Wildman–Crippen LogP) is 4.30. The van der Waals surface area contributed by atoms with Crippen LogP contribution in [0.25, 0.3) is 10.4 Å². The Labute approximate surface area is 177 Å². The number of phenolic OH excluding ortho intramolecular Hbond substituents is 1. The molecule has 1 saturated heterocycles. The molecule has 1 aliphatic heterocycles. The first-order chi connectivity index (χ1) is 14.3. The smallest absolute Gasteiger partial charge is 0.265 e. The van der Waals surface area contributed by atoms with E-state index in [2.05, 4.69) is 5.32 Å². The van der Waals surface area contributed by atoms with Gasteiger partial charge in [-0.1, -0.05) is 12.1 Å². The Morgan fingerprint density at radius 1 is 1.03 bits per heavy atom. The Hall–Kier alpha value is -2.75. The van der Waals surface area contributed by atoms with E-state index in [-0.39, 0.29) is 22.1 Å². The molecular formula is C21H19FN2O4S2. The average Bonchev–Trinajstić information content (AvgIpc) is 3.43. The molecule has 2 aromatic carbocycles. The molecule has 1 aromatic heterocycles. The Morgan fingerprint density at radius 3 is 2.43 bits per heavy atom. The molecule has 6 nitrogen and oxygen atoms in total. The first-order valence-corrected chi connectivity index (χ1v) is 11.6. The molecule has 4 rings (SSSR count). The second-order valence-corrected chi connectivity index (χ2v) is 9.94. The van der Waals surface area contributed by atoms with Gasteiger partial charge in [-0.05, 0) is 60.9 Å². The highest BCUT2D eigenvalue weighted by atomic mass is 32.2. The van der Waals surface area contributed by atoms with Crippen molar-refractivity contribution in [3.63, 3.8) is 0 Å². The molecule has 1 amide bonds. The van der Waals surface area contributed by atoms with Crippen molar-refractivity contribution in [2.45, 2.75) is 17.7 Å². The van der Waals surface area contributed by atoms with Gasteiger partial charge in [-0.2, -0.15) is 4.31 Å². The number of phenols is 1. The maximum atomic E-state index is 13.1. The van der Waals surface area contributed by atoms with Gasteiger partial charge in [0, 0.05) is 18.0 Å². The van der Waals surface area contributed by atoms with E-state index < -0.39 is 15.9 Å². The molecule has 0 spiro atoms. The number of thiophene rings is 1. The van der Waals surface area contributed by atoms with Crippen LogP contribution in [0.3, 0.4) is 0 Å². The van der Waals surface area contributed by atoms with Gasteiger partial charge in [0.1, 0.15) is 11.6 Å². The van der Waals surface area contributed by atoms with Crippen molar-refractivity contribution in [3.05, 3.63) is 65.3 Å². The molecule has 2 N–H and O–H groups in total. The van der Waals surface area contributed by atoms with Gasteiger partial charge in [-0.3, -0.25) is 4.79 Å². The monoisotopic (exact) mass is 446 g/mol. The van der Waals surface area contributed by atoms with Crippen LogP contribution < -0.4 is 5.32 Å². The Bertz CT molecular complexity index is 1180. The lowest BCUT2D eigenvalue weighted by atomic mass is 10.2. The fourth-order valence-corrected chi connectivity index (χ4v) is 5.72. The Kier molecular flexibility index (Phi) is 5.59. The van der Waals surface area contributed by atoms with Crippen LogP contribution in [0.2, 0.25) is 0 Å². The normalized spacial score (nSPS) is 14.7. The van der Waals surface area contributed by atoms with Crippen LogP contribution in [-0.2, 0) is 10.0 Å². The number of anilines is 1. The van der Waals surface area contributed by atoms with Gasteiger partial charge in [-0.15, -0.1) is 11.3 Å². The molecule has 0 unspecified atom stereocenters. The van der Waals surface area contributed by atoms with E-state index in [4.69, 9.17) is 0 Å². The van der Waals surface area contributed by atoms with Gasteiger partial charge in [0.05, 0.1) is 15.5 Å². The molecule has 9 heteroatoms. The summed E-state index contributed by atoms with van der Waals surface area (Å²) in [6.07, 6.45) is 1.63. The number of hydrogen-bond donors (Lipinski definition) is 2. The third kappa shape index (κ3) is 4.09. The number of sulfonamides is 1. The zero-order valence-corrected chi connectivity index (χ0v) is 17.5. The van der Waals surface area contributed by atoms with Crippen LogP contribution in [0.1, 0.15) is 22.5 Å². The molecule has 1 fully saturated rings. The number of halogens is 1. The summed E-state index contributed by atoms with van der Waals surface area (Å²) < 4.78 is 40.0. The number of rotatable bonds is 5. The fourth-order valence-electron chi connectivity index (χ4n) is 3.27. The molecule has 0 aliphatic carbocycles. The first kappa shape index (κ1) is 20.5. The summed E-state index contributed by atoms with van der Waals surface area (Å²) in [6.45, 7) is 0.929. The molecule has 2 heterocycles. The van der Waals surface area contributed by atoms with E-state index in [9.17, 15) is 22.7 Å². The Morgan fingerprint density at radius 2 is 1.73 bits per heavy atom. The summed E-state index contributed by atoms with van der Waals surface area (Å²) in [6, 6.07) is 13.2. The molecule has 0 bridgehead atoms. The number of carbonyl (C=O) groups is 1. The fraction of sp³-hybridized carbons (Fsp3) is 0.190. The summed E-state index contributed by atoms with van der Waals surface area (Å²) in [4.78, 5) is 13.8. The van der Waals surface area contributed by atoms with Crippen LogP contribution in [0.5, 0.6) is 5.75 Å². The van der Waals surface area contributed by atoms with Gasteiger partial charge in [0.15, 0.2) is 0 Å². The van der Waals surface area contributed by atoms with Crippen molar-refractivity contribution in [2.24, 2.45) is 0 Å². The van der Waals surface area contributed by atoms with Crippen LogP contribution in [0.4, 0.5) is 10.1 Å². The molecular weight excluding hydrogens is 427 g/mol. The quantitative estimate of drug-likeness (QED) is 0.572. The molecule has 0 radical (unpaired) electrons. The second-order valence-electron chi connectivity index (χ2n) is 6.92. The summed E-state index contributed by atoms with van der Waals surface area (Å²) in [5.41, 5.74) is 0.805. The summed E-state index contributed by atoms with van der Waals surface area (Å²) >= 11 is 1.21. The molecule has 156 valence electrons. The maximum absolute atomic E-state index is 13.1. The topological polar surface area (TPSA) is 86.7 Å². The van der Waals surface area contributed by atoms with Crippen LogP contribution in [-0.4, -0.2) is 36.8 Å². The number of aromatic hydroxyl groups is 1. The van der Waals surface area contributed by atoms with Crippen molar-refractivity contribution in [1.29, 1.82) is 0 Å². The maximum Gasteiger partial charge on any atom is 0.265 e. The van der Waals surface area contributed by atoms with E-state index in [1.807, 2.05) is 0 Å². The van der Waals surface area contributed by atoms with Crippen molar-refractivity contribution in [3.8, 4) is 16.2 Å². The lowest BCUT2D eigenvalue weighted by Crippen LogP contribution is -2.27. The number of carbonyl (C=O) groups excluding carboxylic acids is 1. The minimum absolute atomic E-state index is 0.0238. The number of benzene rings is 2. The van der Waals surface area contributed by atoms with Crippen LogP contribution >= 0.6 is 11.3 Å². The van der Waals surface area contributed by atoms with Crippen LogP contribution in [0, 0.1) is 5.82 Å². The highest BCUT2D eigenvalue weighted by Gasteiger charge is 2.28. The Balaban J connectivity index is 1.55. The number of nitrogens with one attached hydrogen (secondary N) is 1. The van der Waals surface area contributed by atoms with E-state index in [1.54, 1.807) is 24.3 Å². The van der Waals surface area contributed by atoms with E-state index in [0.717, 1.165) is 23.3 Å². The molecule has 30 heavy (non-hydrogen) atoms. The molecule has 1 aliphatic rings. The van der Waals surface area contributed by atoms with Crippen molar-refractivity contribution >= 4 is 33.0 Å². The number of amides is 1. The van der Waals surface area contributed by atoms with Gasteiger partial charge in [0.25, 0.3) is 5.91 Å². The first-order valence-electron chi connectivity index (χ1n) is 9.35. The largest absolute Gasteiger partial charge is 0.506 e. The molecule has 0 atom stereocenters. The lowest BCUT2D eigenvalue weighted by molar-refractivity contribution is 0.103. The third-order valence-electron chi connectivity index (χ3n) is 4.88. The van der Waals surface area contributed by atoms with Gasteiger partial charge >= 0.3 is 0 Å². The minimum atomic E-state index is -3.67. The average molecular weight is 447 g/mol. The minimum Gasteiger partial charge on any atom is -0.506 e. The summed E-state index contributed by atoms with van der Waals surface area (Å²) in [7, 11) is -3.67. The standard InChI is InChI=1S/C21H19FN2O4S2/c22-15-5-3-14(4-6-15)19-9-10-20(29-19)21(26)23-17-13-16(7-8-18(17)25)30(27,28)24-11-1-2-12-24/h3-10,13,25H,1-2,11-12H2,(H,23,26). The van der Waals surface area contributed by atoms with Crippen LogP contribution in [0.15, 0.2) is 59.5 Å². The van der Waals surface area contributed by atoms with E-state index in [1.165, 1.54) is 46.0 Å². The van der Waals surface area contributed by atoms with Gasteiger partial charge in [0.2, 0.25) is 10.0 Å².